The van der Waals surface area contributed by atoms with Crippen LogP contribution in [0.25, 0.3) is 16.6 Å². The number of hydrogen-bond acceptors (Lipinski definition) is 3. The van der Waals surface area contributed by atoms with Crippen LogP contribution >= 0.6 is 11.6 Å². The molecule has 4 nitrogen and oxygen atoms in total. The van der Waals surface area contributed by atoms with E-state index >= 15 is 0 Å². The van der Waals surface area contributed by atoms with Gasteiger partial charge in [-0.05, 0) is 31.2 Å². The molecule has 1 aliphatic rings. The van der Waals surface area contributed by atoms with Crippen molar-refractivity contribution in [3.05, 3.63) is 35.1 Å². The summed E-state index contributed by atoms with van der Waals surface area (Å²) in [7, 11) is 1.98. The Kier molecular flexibility index (Phi) is 3.55. The standard InChI is InChI=1S/C14H17ClN4/c1-16-9-19-6-3-10(4-7-19)13-8-11-12(15)2-5-17-14(11)18-13/h2-3,5,8,16H,4,6-7,9H2,1H3,(H,17,18). The molecule has 100 valence electrons. The van der Waals surface area contributed by atoms with Crippen molar-refractivity contribution in [3.63, 3.8) is 0 Å². The van der Waals surface area contributed by atoms with Crippen LogP contribution in [0.2, 0.25) is 5.02 Å². The van der Waals surface area contributed by atoms with Gasteiger partial charge in [0.15, 0.2) is 0 Å². The number of rotatable bonds is 3. The van der Waals surface area contributed by atoms with Crippen LogP contribution in [0.5, 0.6) is 0 Å². The predicted molar refractivity (Wildman–Crippen MR) is 79.2 cm³/mol. The molecule has 0 aromatic carbocycles. The molecule has 2 N–H and O–H groups in total. The molecule has 0 atom stereocenters. The molecule has 2 aromatic rings. The lowest BCUT2D eigenvalue weighted by molar-refractivity contribution is 0.287. The summed E-state index contributed by atoms with van der Waals surface area (Å²) in [5.74, 6) is 0. The summed E-state index contributed by atoms with van der Waals surface area (Å²) in [5.41, 5.74) is 3.35. The second-order valence-corrected chi connectivity index (χ2v) is 5.21. The monoisotopic (exact) mass is 276 g/mol. The first kappa shape index (κ1) is 12.7. The summed E-state index contributed by atoms with van der Waals surface area (Å²) >= 11 is 6.18. The molecule has 0 saturated heterocycles. The summed E-state index contributed by atoms with van der Waals surface area (Å²) in [6.45, 7) is 2.99. The quantitative estimate of drug-likeness (QED) is 0.905. The summed E-state index contributed by atoms with van der Waals surface area (Å²) in [4.78, 5) is 10.0. The summed E-state index contributed by atoms with van der Waals surface area (Å²) in [6.07, 6.45) is 5.06. The van der Waals surface area contributed by atoms with E-state index < -0.39 is 0 Å². The van der Waals surface area contributed by atoms with Gasteiger partial charge >= 0.3 is 0 Å². The van der Waals surface area contributed by atoms with Gasteiger partial charge in [0.2, 0.25) is 0 Å². The molecule has 19 heavy (non-hydrogen) atoms. The third-order valence-electron chi connectivity index (χ3n) is 3.50. The van der Waals surface area contributed by atoms with Crippen LogP contribution in [0.15, 0.2) is 24.4 Å². The van der Waals surface area contributed by atoms with Crippen molar-refractivity contribution in [3.8, 4) is 0 Å². The number of nitrogens with one attached hydrogen (secondary N) is 2. The Morgan fingerprint density at radius 2 is 2.42 bits per heavy atom. The summed E-state index contributed by atoms with van der Waals surface area (Å²) in [6, 6.07) is 3.93. The zero-order valence-electron chi connectivity index (χ0n) is 10.9. The van der Waals surface area contributed by atoms with Gasteiger partial charge in [-0.3, -0.25) is 4.90 Å². The number of hydrogen-bond donors (Lipinski definition) is 2. The van der Waals surface area contributed by atoms with Crippen LogP contribution in [0.1, 0.15) is 12.1 Å². The Bertz CT molecular complexity index is 617. The molecule has 0 unspecified atom stereocenters. The number of aromatic nitrogens is 2. The number of pyridine rings is 1. The highest BCUT2D eigenvalue weighted by Crippen LogP contribution is 2.28. The molecule has 5 heteroatoms. The van der Waals surface area contributed by atoms with E-state index in [1.165, 1.54) is 5.57 Å². The molecule has 3 heterocycles. The molecule has 2 aromatic heterocycles. The SMILES string of the molecule is CNCN1CC=C(c2cc3c(Cl)ccnc3[nH]2)CC1. The lowest BCUT2D eigenvalue weighted by Crippen LogP contribution is -2.35. The van der Waals surface area contributed by atoms with Crippen molar-refractivity contribution in [2.45, 2.75) is 6.42 Å². The lowest BCUT2D eigenvalue weighted by atomic mass is 10.1. The first-order valence-corrected chi connectivity index (χ1v) is 6.85. The zero-order valence-corrected chi connectivity index (χ0v) is 11.7. The number of nitrogens with zero attached hydrogens (tertiary/aromatic N) is 2. The number of halogens is 1. The highest BCUT2D eigenvalue weighted by atomic mass is 35.5. The van der Waals surface area contributed by atoms with E-state index in [1.54, 1.807) is 6.20 Å². The van der Waals surface area contributed by atoms with Crippen molar-refractivity contribution in [1.29, 1.82) is 0 Å². The number of fused-ring (bicyclic) bond motifs is 1. The first-order valence-electron chi connectivity index (χ1n) is 6.47. The van der Waals surface area contributed by atoms with Gasteiger partial charge in [0.25, 0.3) is 0 Å². The van der Waals surface area contributed by atoms with Crippen molar-refractivity contribution in [2.24, 2.45) is 0 Å². The van der Waals surface area contributed by atoms with Crippen LogP contribution < -0.4 is 5.32 Å². The molecular weight excluding hydrogens is 260 g/mol. The highest BCUT2D eigenvalue weighted by molar-refractivity contribution is 6.35. The van der Waals surface area contributed by atoms with E-state index in [0.29, 0.717) is 0 Å². The van der Waals surface area contributed by atoms with Crippen LogP contribution in [0.3, 0.4) is 0 Å². The van der Waals surface area contributed by atoms with Gasteiger partial charge in [0, 0.05) is 37.0 Å². The van der Waals surface area contributed by atoms with Gasteiger partial charge in [-0.15, -0.1) is 0 Å². The fraction of sp³-hybridized carbons (Fsp3) is 0.357. The Hall–Kier alpha value is -1.36. The van der Waals surface area contributed by atoms with Crippen molar-refractivity contribution < 1.29 is 0 Å². The van der Waals surface area contributed by atoms with E-state index in [0.717, 1.165) is 47.9 Å². The van der Waals surface area contributed by atoms with Gasteiger partial charge in [-0.25, -0.2) is 4.98 Å². The average molecular weight is 277 g/mol. The minimum Gasteiger partial charge on any atom is -0.339 e. The van der Waals surface area contributed by atoms with Gasteiger partial charge in [-0.2, -0.15) is 0 Å². The smallest absolute Gasteiger partial charge is 0.139 e. The third-order valence-corrected chi connectivity index (χ3v) is 3.83. The summed E-state index contributed by atoms with van der Waals surface area (Å²) in [5, 5.41) is 4.93. The first-order chi connectivity index (χ1) is 9.28. The summed E-state index contributed by atoms with van der Waals surface area (Å²) < 4.78 is 0. The van der Waals surface area contributed by atoms with Crippen molar-refractivity contribution in [1.82, 2.24) is 20.2 Å². The molecule has 0 bridgehead atoms. The molecule has 0 saturated carbocycles. The van der Waals surface area contributed by atoms with Gasteiger partial charge in [0.05, 0.1) is 5.02 Å². The van der Waals surface area contributed by atoms with Crippen LogP contribution in [-0.4, -0.2) is 41.7 Å². The lowest BCUT2D eigenvalue weighted by Gasteiger charge is -2.25. The molecule has 0 fully saturated rings. The maximum absolute atomic E-state index is 6.18. The minimum atomic E-state index is 0.751. The number of H-pyrrole nitrogens is 1. The fourth-order valence-electron chi connectivity index (χ4n) is 2.49. The van der Waals surface area contributed by atoms with Gasteiger partial charge < -0.3 is 10.3 Å². The Balaban J connectivity index is 1.87. The third kappa shape index (κ3) is 2.52. The molecular formula is C14H17ClN4. The van der Waals surface area contributed by atoms with Crippen LogP contribution in [0, 0.1) is 0 Å². The van der Waals surface area contributed by atoms with E-state index in [1.807, 2.05) is 13.1 Å². The normalized spacial score (nSPS) is 16.8. The van der Waals surface area contributed by atoms with Crippen LogP contribution in [0.4, 0.5) is 0 Å². The van der Waals surface area contributed by atoms with Crippen molar-refractivity contribution in [2.75, 3.05) is 26.8 Å². The van der Waals surface area contributed by atoms with Crippen LogP contribution in [-0.2, 0) is 0 Å². The maximum atomic E-state index is 6.18. The highest BCUT2D eigenvalue weighted by Gasteiger charge is 2.14. The Morgan fingerprint density at radius 1 is 1.53 bits per heavy atom. The minimum absolute atomic E-state index is 0.751. The molecule has 0 amide bonds. The predicted octanol–water partition coefficient (Wildman–Crippen LogP) is 2.48. The molecule has 3 rings (SSSR count). The fourth-order valence-corrected chi connectivity index (χ4v) is 2.69. The van der Waals surface area contributed by atoms with Crippen molar-refractivity contribution >= 4 is 28.2 Å². The van der Waals surface area contributed by atoms with E-state index in [9.17, 15) is 0 Å². The zero-order chi connectivity index (χ0) is 13.2. The maximum Gasteiger partial charge on any atom is 0.139 e. The molecule has 1 aliphatic heterocycles. The second-order valence-electron chi connectivity index (χ2n) is 4.81. The second kappa shape index (κ2) is 5.33. The molecule has 0 aliphatic carbocycles. The van der Waals surface area contributed by atoms with E-state index in [-0.39, 0.29) is 0 Å². The largest absolute Gasteiger partial charge is 0.339 e. The number of aromatic amines is 1. The molecule has 0 radical (unpaired) electrons. The average Bonchev–Trinajstić information content (AvgIpc) is 2.85. The van der Waals surface area contributed by atoms with Gasteiger partial charge in [0.1, 0.15) is 5.65 Å². The van der Waals surface area contributed by atoms with E-state index in [4.69, 9.17) is 11.6 Å². The Morgan fingerprint density at radius 3 is 3.11 bits per heavy atom. The molecule has 0 spiro atoms. The Labute approximate surface area is 117 Å². The van der Waals surface area contributed by atoms with Gasteiger partial charge in [-0.1, -0.05) is 17.7 Å². The topological polar surface area (TPSA) is 44.0 Å². The van der Waals surface area contributed by atoms with E-state index in [2.05, 4.69) is 32.3 Å².